The van der Waals surface area contributed by atoms with Gasteiger partial charge in [-0.1, -0.05) is 36.4 Å². The van der Waals surface area contributed by atoms with Crippen molar-refractivity contribution in [2.45, 2.75) is 13.8 Å². The number of anilines is 2. The maximum atomic E-state index is 13.1. The predicted molar refractivity (Wildman–Crippen MR) is 109 cm³/mol. The summed E-state index contributed by atoms with van der Waals surface area (Å²) in [4.78, 5) is 41.0. The number of rotatable bonds is 4. The monoisotopic (exact) mass is 400 g/mol. The zero-order chi connectivity index (χ0) is 19.7. The minimum Gasteiger partial charge on any atom is -0.297 e. The van der Waals surface area contributed by atoms with Gasteiger partial charge in [-0.3, -0.25) is 24.2 Å². The van der Waals surface area contributed by atoms with Crippen molar-refractivity contribution in [3.8, 4) is 0 Å². The molecule has 0 N–H and O–H groups in total. The average molecular weight is 401 g/mol. The molecular weight excluding hydrogens is 384 g/mol. The van der Waals surface area contributed by atoms with Gasteiger partial charge in [-0.05, 0) is 49.3 Å². The SMILES string of the molecule is Cc1ccccc1N1C(=O)C(C(=O)CCl)C(=O)N(c2ccccc2C)C1=S. The Morgan fingerprint density at radius 1 is 0.926 bits per heavy atom. The molecular formula is C20H17ClN2O3S. The first-order valence-corrected chi connectivity index (χ1v) is 9.24. The summed E-state index contributed by atoms with van der Waals surface area (Å²) in [6, 6.07) is 14.3. The molecule has 27 heavy (non-hydrogen) atoms. The lowest BCUT2D eigenvalue weighted by Crippen LogP contribution is -2.62. The van der Waals surface area contributed by atoms with Gasteiger partial charge in [0.1, 0.15) is 0 Å². The summed E-state index contributed by atoms with van der Waals surface area (Å²) in [6.07, 6.45) is 0. The van der Waals surface area contributed by atoms with Gasteiger partial charge in [0.15, 0.2) is 16.8 Å². The van der Waals surface area contributed by atoms with Crippen LogP contribution in [-0.4, -0.2) is 28.6 Å². The van der Waals surface area contributed by atoms with E-state index in [0.717, 1.165) is 11.1 Å². The molecule has 0 spiro atoms. The van der Waals surface area contributed by atoms with E-state index in [1.165, 1.54) is 9.80 Å². The molecule has 1 aliphatic rings. The minimum atomic E-state index is -1.52. The number of halogens is 1. The van der Waals surface area contributed by atoms with E-state index in [0.29, 0.717) is 11.4 Å². The lowest BCUT2D eigenvalue weighted by molar-refractivity contribution is -0.138. The van der Waals surface area contributed by atoms with E-state index in [4.69, 9.17) is 23.8 Å². The van der Waals surface area contributed by atoms with Gasteiger partial charge in [-0.15, -0.1) is 11.6 Å². The number of hydrogen-bond acceptors (Lipinski definition) is 4. The van der Waals surface area contributed by atoms with Gasteiger partial charge in [-0.2, -0.15) is 0 Å². The van der Waals surface area contributed by atoms with Gasteiger partial charge in [0, 0.05) is 0 Å². The Labute approximate surface area is 167 Å². The summed E-state index contributed by atoms with van der Waals surface area (Å²) in [7, 11) is 0. The number of Topliss-reactive ketones (excluding diaryl/α,β-unsaturated/α-hetero) is 1. The topological polar surface area (TPSA) is 57.7 Å². The Hall–Kier alpha value is -2.57. The van der Waals surface area contributed by atoms with Crippen molar-refractivity contribution in [3.63, 3.8) is 0 Å². The normalized spacial score (nSPS) is 15.4. The van der Waals surface area contributed by atoms with E-state index < -0.39 is 29.4 Å². The summed E-state index contributed by atoms with van der Waals surface area (Å²) in [6.45, 7) is 3.66. The van der Waals surface area contributed by atoms with Crippen LogP contribution in [0.5, 0.6) is 0 Å². The highest BCUT2D eigenvalue weighted by atomic mass is 35.5. The van der Waals surface area contributed by atoms with Crippen molar-refractivity contribution in [3.05, 3.63) is 59.7 Å². The van der Waals surface area contributed by atoms with Crippen molar-refractivity contribution >= 4 is 57.9 Å². The van der Waals surface area contributed by atoms with Crippen LogP contribution in [0.3, 0.4) is 0 Å². The molecule has 138 valence electrons. The highest BCUT2D eigenvalue weighted by Gasteiger charge is 2.48. The second-order valence-electron chi connectivity index (χ2n) is 6.24. The molecule has 5 nitrogen and oxygen atoms in total. The number of thiocarbonyl (C=S) groups is 1. The van der Waals surface area contributed by atoms with E-state index >= 15 is 0 Å². The molecule has 0 unspecified atom stereocenters. The van der Waals surface area contributed by atoms with Crippen LogP contribution in [-0.2, 0) is 14.4 Å². The molecule has 7 heteroatoms. The van der Waals surface area contributed by atoms with Crippen LogP contribution in [0.25, 0.3) is 0 Å². The van der Waals surface area contributed by atoms with Gasteiger partial charge >= 0.3 is 0 Å². The van der Waals surface area contributed by atoms with Crippen LogP contribution in [0.4, 0.5) is 11.4 Å². The maximum absolute atomic E-state index is 13.1. The third-order valence-electron chi connectivity index (χ3n) is 4.48. The molecule has 2 amide bonds. The molecule has 3 rings (SSSR count). The highest BCUT2D eigenvalue weighted by molar-refractivity contribution is 7.81. The minimum absolute atomic E-state index is 0.0206. The zero-order valence-corrected chi connectivity index (χ0v) is 16.4. The van der Waals surface area contributed by atoms with Crippen LogP contribution in [0, 0.1) is 19.8 Å². The molecule has 2 aromatic rings. The zero-order valence-electron chi connectivity index (χ0n) is 14.8. The van der Waals surface area contributed by atoms with Crippen LogP contribution >= 0.6 is 23.8 Å². The number of amides is 2. The first-order chi connectivity index (χ1) is 12.9. The van der Waals surface area contributed by atoms with Crippen LogP contribution < -0.4 is 9.80 Å². The lowest BCUT2D eigenvalue weighted by atomic mass is 9.97. The Balaban J connectivity index is 2.20. The summed E-state index contributed by atoms with van der Waals surface area (Å²) >= 11 is 11.2. The van der Waals surface area contributed by atoms with E-state index in [9.17, 15) is 14.4 Å². The summed E-state index contributed by atoms with van der Waals surface area (Å²) in [5.41, 5.74) is 2.66. The lowest BCUT2D eigenvalue weighted by Gasteiger charge is -2.39. The van der Waals surface area contributed by atoms with E-state index in [1.54, 1.807) is 24.3 Å². The Morgan fingerprint density at radius 2 is 1.33 bits per heavy atom. The van der Waals surface area contributed by atoms with Crippen molar-refractivity contribution < 1.29 is 14.4 Å². The largest absolute Gasteiger partial charge is 0.297 e. The van der Waals surface area contributed by atoms with Crippen molar-refractivity contribution in [1.82, 2.24) is 0 Å². The first-order valence-electron chi connectivity index (χ1n) is 8.30. The number of nitrogens with zero attached hydrogens (tertiary/aromatic N) is 2. The maximum Gasteiger partial charge on any atom is 0.253 e. The summed E-state index contributed by atoms with van der Waals surface area (Å²) in [5.74, 6) is -3.94. The predicted octanol–water partition coefficient (Wildman–Crippen LogP) is 3.39. The first kappa shape index (κ1) is 19.2. The molecule has 0 aliphatic carbocycles. The molecule has 0 bridgehead atoms. The number of carbonyl (C=O) groups is 3. The number of ketones is 1. The van der Waals surface area contributed by atoms with Gasteiger partial charge < -0.3 is 0 Å². The smallest absolute Gasteiger partial charge is 0.253 e. The molecule has 0 aromatic heterocycles. The number of carbonyl (C=O) groups excluding carboxylic acids is 3. The van der Waals surface area contributed by atoms with Gasteiger partial charge in [-0.25, -0.2) is 0 Å². The van der Waals surface area contributed by atoms with Gasteiger partial charge in [0.05, 0.1) is 17.3 Å². The fourth-order valence-corrected chi connectivity index (χ4v) is 3.61. The Bertz CT molecular complexity index is 892. The molecule has 0 radical (unpaired) electrons. The third-order valence-corrected chi connectivity index (χ3v) is 5.11. The van der Waals surface area contributed by atoms with Crippen LogP contribution in [0.2, 0.25) is 0 Å². The van der Waals surface area contributed by atoms with E-state index in [-0.39, 0.29) is 5.11 Å². The number of aryl methyl sites for hydroxylation is 2. The molecule has 2 aromatic carbocycles. The number of benzene rings is 2. The molecule has 0 atom stereocenters. The molecule has 1 saturated heterocycles. The van der Waals surface area contributed by atoms with Crippen LogP contribution in [0.1, 0.15) is 11.1 Å². The van der Waals surface area contributed by atoms with Gasteiger partial charge in [0.25, 0.3) is 11.8 Å². The molecule has 1 aliphatic heterocycles. The second kappa shape index (κ2) is 7.58. The van der Waals surface area contributed by atoms with E-state index in [2.05, 4.69) is 0 Å². The number of alkyl halides is 1. The van der Waals surface area contributed by atoms with Crippen molar-refractivity contribution in [1.29, 1.82) is 0 Å². The quantitative estimate of drug-likeness (QED) is 0.448. The fourth-order valence-electron chi connectivity index (χ4n) is 3.08. The number of para-hydroxylation sites is 2. The summed E-state index contributed by atoms with van der Waals surface area (Å²) < 4.78 is 0. The van der Waals surface area contributed by atoms with Crippen molar-refractivity contribution in [2.24, 2.45) is 5.92 Å². The molecule has 1 fully saturated rings. The second-order valence-corrected chi connectivity index (χ2v) is 6.87. The van der Waals surface area contributed by atoms with Crippen molar-refractivity contribution in [2.75, 3.05) is 15.7 Å². The molecule has 0 saturated carbocycles. The Morgan fingerprint density at radius 3 is 1.70 bits per heavy atom. The average Bonchev–Trinajstić information content (AvgIpc) is 2.64. The highest BCUT2D eigenvalue weighted by Crippen LogP contribution is 2.32. The summed E-state index contributed by atoms with van der Waals surface area (Å²) in [5, 5.41) is 0.0206. The van der Waals surface area contributed by atoms with E-state index in [1.807, 2.05) is 38.1 Å². The number of hydrogen-bond donors (Lipinski definition) is 0. The standard InChI is InChI=1S/C20H17ClN2O3S/c1-12-7-3-5-9-14(12)22-18(25)17(16(24)11-21)19(26)23(20(22)27)15-10-6-4-8-13(15)2/h3-10,17H,11H2,1-2H3. The Kier molecular flexibility index (Phi) is 5.39. The third kappa shape index (κ3) is 3.26. The molecule has 1 heterocycles. The van der Waals surface area contributed by atoms with Gasteiger partial charge in [0.2, 0.25) is 0 Å². The van der Waals surface area contributed by atoms with Crippen LogP contribution in [0.15, 0.2) is 48.5 Å². The fraction of sp³-hybridized carbons (Fsp3) is 0.200.